The van der Waals surface area contributed by atoms with E-state index in [1.807, 2.05) is 79.7 Å². The van der Waals surface area contributed by atoms with Gasteiger partial charge in [-0.25, -0.2) is 5.43 Å². The summed E-state index contributed by atoms with van der Waals surface area (Å²) in [4.78, 5) is 12.8. The third kappa shape index (κ3) is 7.84. The number of nitrogens with one attached hydrogen (secondary N) is 1. The van der Waals surface area contributed by atoms with Gasteiger partial charge in [-0.15, -0.1) is 0 Å². The lowest BCUT2D eigenvalue weighted by Crippen LogP contribution is -2.18. The number of ether oxygens (including phenoxy) is 3. The molecule has 0 atom stereocenters. The second-order valence-electron chi connectivity index (χ2n) is 8.17. The number of carbonyl (C=O) groups is 1. The van der Waals surface area contributed by atoms with Gasteiger partial charge in [-0.3, -0.25) is 4.79 Å². The Morgan fingerprint density at radius 2 is 1.53 bits per heavy atom. The van der Waals surface area contributed by atoms with Crippen LogP contribution in [-0.4, -0.2) is 18.7 Å². The summed E-state index contributed by atoms with van der Waals surface area (Å²) in [6.45, 7) is 3.08. The van der Waals surface area contributed by atoms with Crippen molar-refractivity contribution in [3.8, 4) is 17.2 Å². The average Bonchev–Trinajstić information content (AvgIpc) is 2.93. The fourth-order valence-electron chi connectivity index (χ4n) is 3.49. The van der Waals surface area contributed by atoms with Crippen molar-refractivity contribution in [2.75, 3.05) is 6.61 Å². The van der Waals surface area contributed by atoms with E-state index in [2.05, 4.69) is 26.5 Å². The van der Waals surface area contributed by atoms with Gasteiger partial charge in [-0.05, 0) is 66.6 Å². The van der Waals surface area contributed by atoms with Gasteiger partial charge >= 0.3 is 0 Å². The van der Waals surface area contributed by atoms with Crippen LogP contribution in [0.2, 0.25) is 5.02 Å². The smallest absolute Gasteiger partial charge is 0.271 e. The van der Waals surface area contributed by atoms with Crippen molar-refractivity contribution in [1.82, 2.24) is 5.43 Å². The summed E-state index contributed by atoms with van der Waals surface area (Å²) in [5, 5.41) is 4.82. The second kappa shape index (κ2) is 13.7. The number of carbonyl (C=O) groups excluding carboxylic acids is 1. The van der Waals surface area contributed by atoms with Gasteiger partial charge in [0.25, 0.3) is 5.91 Å². The number of hydrogen-bond acceptors (Lipinski definition) is 5. The Hall–Kier alpha value is -3.81. The molecule has 0 heterocycles. The minimum Gasteiger partial charge on any atom is -0.490 e. The van der Waals surface area contributed by atoms with Gasteiger partial charge in [0.1, 0.15) is 19.0 Å². The molecule has 194 valence electrons. The molecular formula is C30H26BrClN2O4. The molecule has 0 aromatic heterocycles. The van der Waals surface area contributed by atoms with Crippen LogP contribution in [-0.2, 0) is 13.2 Å². The molecule has 4 aromatic carbocycles. The zero-order valence-corrected chi connectivity index (χ0v) is 23.0. The highest BCUT2D eigenvalue weighted by atomic mass is 79.9. The molecule has 0 spiro atoms. The molecule has 0 aliphatic heterocycles. The van der Waals surface area contributed by atoms with Crippen LogP contribution in [0.1, 0.15) is 34.0 Å². The summed E-state index contributed by atoms with van der Waals surface area (Å²) in [7, 11) is 0. The molecule has 1 N–H and O–H groups in total. The molecule has 0 aliphatic rings. The van der Waals surface area contributed by atoms with Crippen molar-refractivity contribution in [1.29, 1.82) is 0 Å². The first-order valence-electron chi connectivity index (χ1n) is 12.0. The van der Waals surface area contributed by atoms with E-state index >= 15 is 0 Å². The summed E-state index contributed by atoms with van der Waals surface area (Å²) in [6.07, 6.45) is 1.54. The summed E-state index contributed by atoms with van der Waals surface area (Å²) in [6, 6.07) is 27.9. The third-order valence-electron chi connectivity index (χ3n) is 5.39. The number of rotatable bonds is 11. The second-order valence-corrected chi connectivity index (χ2v) is 9.52. The molecule has 4 aromatic rings. The Balaban J connectivity index is 1.41. The molecule has 0 fully saturated rings. The number of hydrazone groups is 1. The molecule has 4 rings (SSSR count). The summed E-state index contributed by atoms with van der Waals surface area (Å²) in [5.74, 6) is 1.30. The van der Waals surface area contributed by atoms with Crippen LogP contribution < -0.4 is 19.6 Å². The quantitative estimate of drug-likeness (QED) is 0.145. The fourth-order valence-corrected chi connectivity index (χ4v) is 4.00. The number of hydrogen-bond donors (Lipinski definition) is 1. The van der Waals surface area contributed by atoms with E-state index in [0.29, 0.717) is 53.2 Å². The lowest BCUT2D eigenvalue weighted by Gasteiger charge is -2.13. The fraction of sp³-hybridized carbons (Fsp3) is 0.133. The van der Waals surface area contributed by atoms with Crippen LogP contribution in [0.5, 0.6) is 17.2 Å². The molecule has 0 unspecified atom stereocenters. The predicted molar refractivity (Wildman–Crippen MR) is 153 cm³/mol. The van der Waals surface area contributed by atoms with E-state index < -0.39 is 0 Å². The van der Waals surface area contributed by atoms with Crippen molar-refractivity contribution in [2.24, 2.45) is 5.10 Å². The van der Waals surface area contributed by atoms with Gasteiger partial charge in [0, 0.05) is 20.6 Å². The molecule has 0 saturated heterocycles. The zero-order valence-electron chi connectivity index (χ0n) is 20.7. The Bertz CT molecular complexity index is 1400. The van der Waals surface area contributed by atoms with Crippen molar-refractivity contribution in [3.63, 3.8) is 0 Å². The van der Waals surface area contributed by atoms with E-state index in [1.54, 1.807) is 24.4 Å². The van der Waals surface area contributed by atoms with E-state index in [1.165, 1.54) is 0 Å². The van der Waals surface area contributed by atoms with Gasteiger partial charge in [0.05, 0.1) is 12.8 Å². The molecule has 0 radical (unpaired) electrons. The standard InChI is InChI=1S/C30H26BrClN2O4/c1-2-36-29-17-23(10-14-28(29)38-19-21-6-4-3-5-7-21)30(35)34-33-18-24-16-25(31)11-15-27(24)37-20-22-8-12-26(32)13-9-22/h3-18H,2,19-20H2,1H3,(H,34,35)/b33-18+. The Labute approximate surface area is 235 Å². The van der Waals surface area contributed by atoms with Crippen LogP contribution in [0, 0.1) is 0 Å². The van der Waals surface area contributed by atoms with Gasteiger partial charge in [0.15, 0.2) is 11.5 Å². The number of amides is 1. The van der Waals surface area contributed by atoms with Gasteiger partial charge < -0.3 is 14.2 Å². The minimum atomic E-state index is -0.379. The van der Waals surface area contributed by atoms with Crippen molar-refractivity contribution < 1.29 is 19.0 Å². The highest BCUT2D eigenvalue weighted by Gasteiger charge is 2.12. The average molecular weight is 594 g/mol. The number of halogens is 2. The Morgan fingerprint density at radius 1 is 0.842 bits per heavy atom. The van der Waals surface area contributed by atoms with E-state index in [0.717, 1.165) is 15.6 Å². The number of nitrogens with zero attached hydrogens (tertiary/aromatic N) is 1. The van der Waals surface area contributed by atoms with Crippen molar-refractivity contribution in [3.05, 3.63) is 123 Å². The van der Waals surface area contributed by atoms with Crippen molar-refractivity contribution >= 4 is 39.7 Å². The Kier molecular flexibility index (Phi) is 9.78. The monoisotopic (exact) mass is 592 g/mol. The summed E-state index contributed by atoms with van der Waals surface area (Å²) < 4.78 is 18.5. The molecule has 38 heavy (non-hydrogen) atoms. The molecule has 6 nitrogen and oxygen atoms in total. The molecule has 0 bridgehead atoms. The normalized spacial score (nSPS) is 10.8. The highest BCUT2D eigenvalue weighted by Crippen LogP contribution is 2.29. The minimum absolute atomic E-state index is 0.366. The molecule has 1 amide bonds. The maximum absolute atomic E-state index is 12.8. The van der Waals surface area contributed by atoms with Crippen LogP contribution in [0.4, 0.5) is 0 Å². The zero-order chi connectivity index (χ0) is 26.7. The topological polar surface area (TPSA) is 69.2 Å². The molecular weight excluding hydrogens is 568 g/mol. The first kappa shape index (κ1) is 27.2. The number of benzene rings is 4. The summed E-state index contributed by atoms with van der Waals surface area (Å²) in [5.41, 5.74) is 5.68. The molecule has 0 saturated carbocycles. The maximum atomic E-state index is 12.8. The van der Waals surface area contributed by atoms with Gasteiger partial charge in [0.2, 0.25) is 0 Å². The van der Waals surface area contributed by atoms with Gasteiger partial charge in [-0.1, -0.05) is 70.0 Å². The largest absolute Gasteiger partial charge is 0.490 e. The van der Waals surface area contributed by atoms with Crippen LogP contribution in [0.3, 0.4) is 0 Å². The van der Waals surface area contributed by atoms with Crippen LogP contribution in [0.25, 0.3) is 0 Å². The molecule has 8 heteroatoms. The molecule has 0 aliphatic carbocycles. The van der Waals surface area contributed by atoms with Crippen LogP contribution >= 0.6 is 27.5 Å². The Morgan fingerprint density at radius 3 is 2.26 bits per heavy atom. The van der Waals surface area contributed by atoms with E-state index in [9.17, 15) is 4.79 Å². The van der Waals surface area contributed by atoms with E-state index in [4.69, 9.17) is 25.8 Å². The predicted octanol–water partition coefficient (Wildman–Crippen LogP) is 7.42. The lowest BCUT2D eigenvalue weighted by atomic mass is 10.2. The summed E-state index contributed by atoms with van der Waals surface area (Å²) >= 11 is 9.43. The highest BCUT2D eigenvalue weighted by molar-refractivity contribution is 9.10. The SMILES string of the molecule is CCOc1cc(C(=O)N/N=C/c2cc(Br)ccc2OCc2ccc(Cl)cc2)ccc1OCc1ccccc1. The first-order chi connectivity index (χ1) is 18.5. The maximum Gasteiger partial charge on any atom is 0.271 e. The first-order valence-corrected chi connectivity index (χ1v) is 13.1. The van der Waals surface area contributed by atoms with Crippen molar-refractivity contribution in [2.45, 2.75) is 20.1 Å². The van der Waals surface area contributed by atoms with E-state index in [-0.39, 0.29) is 5.91 Å². The van der Waals surface area contributed by atoms with Crippen LogP contribution in [0.15, 0.2) is 101 Å². The lowest BCUT2D eigenvalue weighted by molar-refractivity contribution is 0.0954. The third-order valence-corrected chi connectivity index (χ3v) is 6.14. The van der Waals surface area contributed by atoms with Gasteiger partial charge in [-0.2, -0.15) is 5.10 Å².